The summed E-state index contributed by atoms with van der Waals surface area (Å²) in [6.45, 7) is 1.70. The Bertz CT molecular complexity index is 374. The molecule has 74 valence electrons. The van der Waals surface area contributed by atoms with E-state index in [1.807, 2.05) is 0 Å². The highest BCUT2D eigenvalue weighted by molar-refractivity contribution is 5.80. The SMILES string of the molecule is CN/N=C\c1ccc([N+](=O)[O-])c(C)c1. The van der Waals surface area contributed by atoms with Gasteiger partial charge >= 0.3 is 0 Å². The number of hydrazone groups is 1. The topological polar surface area (TPSA) is 67.5 Å². The van der Waals surface area contributed by atoms with Crippen LogP contribution in [-0.2, 0) is 0 Å². The molecule has 0 amide bonds. The predicted octanol–water partition coefficient (Wildman–Crippen LogP) is 1.46. The molecular weight excluding hydrogens is 182 g/mol. The summed E-state index contributed by atoms with van der Waals surface area (Å²) in [5.41, 5.74) is 4.21. The van der Waals surface area contributed by atoms with Crippen LogP contribution in [0.25, 0.3) is 0 Å². The van der Waals surface area contributed by atoms with Crippen molar-refractivity contribution in [1.82, 2.24) is 5.43 Å². The third-order valence-corrected chi connectivity index (χ3v) is 1.76. The molecule has 0 spiro atoms. The molecule has 1 rings (SSSR count). The first-order valence-corrected chi connectivity index (χ1v) is 4.10. The summed E-state index contributed by atoms with van der Waals surface area (Å²) in [6, 6.07) is 4.86. The molecule has 1 aromatic rings. The normalized spacial score (nSPS) is 10.4. The van der Waals surface area contributed by atoms with Gasteiger partial charge in [0.1, 0.15) is 0 Å². The van der Waals surface area contributed by atoms with Crippen molar-refractivity contribution in [3.63, 3.8) is 0 Å². The summed E-state index contributed by atoms with van der Waals surface area (Å²) in [5, 5.41) is 14.3. The Morgan fingerprint density at radius 1 is 1.57 bits per heavy atom. The monoisotopic (exact) mass is 193 g/mol. The number of rotatable bonds is 3. The van der Waals surface area contributed by atoms with E-state index in [-0.39, 0.29) is 5.69 Å². The van der Waals surface area contributed by atoms with Gasteiger partial charge in [0.25, 0.3) is 5.69 Å². The maximum Gasteiger partial charge on any atom is 0.272 e. The fourth-order valence-electron chi connectivity index (χ4n) is 1.10. The van der Waals surface area contributed by atoms with Crippen LogP contribution in [-0.4, -0.2) is 18.2 Å². The largest absolute Gasteiger partial charge is 0.313 e. The van der Waals surface area contributed by atoms with Crippen LogP contribution in [0.4, 0.5) is 5.69 Å². The number of hydrogen-bond donors (Lipinski definition) is 1. The van der Waals surface area contributed by atoms with Crippen molar-refractivity contribution in [2.75, 3.05) is 7.05 Å². The van der Waals surface area contributed by atoms with E-state index < -0.39 is 4.92 Å². The molecule has 0 heterocycles. The van der Waals surface area contributed by atoms with Gasteiger partial charge in [-0.15, -0.1) is 0 Å². The van der Waals surface area contributed by atoms with E-state index in [0.717, 1.165) is 5.56 Å². The van der Waals surface area contributed by atoms with Gasteiger partial charge in [-0.2, -0.15) is 5.10 Å². The fraction of sp³-hybridized carbons (Fsp3) is 0.222. The van der Waals surface area contributed by atoms with Gasteiger partial charge in [-0.1, -0.05) is 0 Å². The van der Waals surface area contributed by atoms with Crippen molar-refractivity contribution in [1.29, 1.82) is 0 Å². The molecule has 0 atom stereocenters. The number of hydrogen-bond acceptors (Lipinski definition) is 4. The molecule has 0 fully saturated rings. The Labute approximate surface area is 81.6 Å². The Balaban J connectivity index is 3.00. The highest BCUT2D eigenvalue weighted by Crippen LogP contribution is 2.17. The van der Waals surface area contributed by atoms with Crippen molar-refractivity contribution in [2.24, 2.45) is 5.10 Å². The van der Waals surface area contributed by atoms with Crippen LogP contribution in [0.15, 0.2) is 23.3 Å². The molecule has 1 N–H and O–H groups in total. The van der Waals surface area contributed by atoms with E-state index in [0.29, 0.717) is 5.56 Å². The molecule has 0 bridgehead atoms. The average Bonchev–Trinajstić information content (AvgIpc) is 2.14. The molecule has 5 nitrogen and oxygen atoms in total. The molecule has 14 heavy (non-hydrogen) atoms. The molecule has 0 saturated carbocycles. The zero-order valence-electron chi connectivity index (χ0n) is 8.02. The second kappa shape index (κ2) is 4.36. The zero-order chi connectivity index (χ0) is 10.6. The smallest absolute Gasteiger partial charge is 0.272 e. The maximum atomic E-state index is 10.5. The van der Waals surface area contributed by atoms with E-state index in [2.05, 4.69) is 10.5 Å². The number of nitro benzene ring substituents is 1. The van der Waals surface area contributed by atoms with Crippen LogP contribution in [0, 0.1) is 17.0 Å². The van der Waals surface area contributed by atoms with Crippen LogP contribution in [0.5, 0.6) is 0 Å². The van der Waals surface area contributed by atoms with Crippen molar-refractivity contribution in [3.8, 4) is 0 Å². The second-order valence-corrected chi connectivity index (χ2v) is 2.78. The molecule has 0 aromatic heterocycles. The van der Waals surface area contributed by atoms with Gasteiger partial charge in [0.2, 0.25) is 0 Å². The van der Waals surface area contributed by atoms with Crippen molar-refractivity contribution in [2.45, 2.75) is 6.92 Å². The third kappa shape index (κ3) is 2.29. The van der Waals surface area contributed by atoms with Gasteiger partial charge in [-0.3, -0.25) is 10.1 Å². The van der Waals surface area contributed by atoms with Gasteiger partial charge in [-0.05, 0) is 24.6 Å². The van der Waals surface area contributed by atoms with Gasteiger partial charge in [0, 0.05) is 18.7 Å². The lowest BCUT2D eigenvalue weighted by atomic mass is 10.1. The molecule has 5 heteroatoms. The Morgan fingerprint density at radius 2 is 2.29 bits per heavy atom. The first-order valence-electron chi connectivity index (χ1n) is 4.10. The highest BCUT2D eigenvalue weighted by Gasteiger charge is 2.08. The van der Waals surface area contributed by atoms with Crippen molar-refractivity contribution >= 4 is 11.9 Å². The molecular formula is C9H11N3O2. The molecule has 0 aliphatic heterocycles. The van der Waals surface area contributed by atoms with Crippen LogP contribution in [0.1, 0.15) is 11.1 Å². The standard InChI is InChI=1S/C9H11N3O2/c1-7-5-8(6-11-10-2)3-4-9(7)12(13)14/h3-6,10H,1-2H3/b11-6-. The number of nitro groups is 1. The van der Waals surface area contributed by atoms with Gasteiger partial charge in [-0.25, -0.2) is 0 Å². The van der Waals surface area contributed by atoms with E-state index in [4.69, 9.17) is 0 Å². The van der Waals surface area contributed by atoms with Gasteiger partial charge < -0.3 is 5.43 Å². The van der Waals surface area contributed by atoms with Gasteiger partial charge in [0.05, 0.1) is 11.1 Å². The summed E-state index contributed by atoms with van der Waals surface area (Å²) in [6.07, 6.45) is 1.61. The van der Waals surface area contributed by atoms with E-state index in [1.54, 1.807) is 32.3 Å². The minimum atomic E-state index is -0.395. The van der Waals surface area contributed by atoms with Crippen molar-refractivity contribution in [3.05, 3.63) is 39.4 Å². The summed E-state index contributed by atoms with van der Waals surface area (Å²) >= 11 is 0. The lowest BCUT2D eigenvalue weighted by Gasteiger charge is -1.97. The second-order valence-electron chi connectivity index (χ2n) is 2.78. The minimum Gasteiger partial charge on any atom is -0.313 e. The lowest BCUT2D eigenvalue weighted by Crippen LogP contribution is -1.96. The number of nitrogens with zero attached hydrogens (tertiary/aromatic N) is 2. The summed E-state index contributed by atoms with van der Waals surface area (Å²) in [5.74, 6) is 0. The molecule has 0 aliphatic carbocycles. The van der Waals surface area contributed by atoms with Gasteiger partial charge in [0.15, 0.2) is 0 Å². The molecule has 0 saturated heterocycles. The minimum absolute atomic E-state index is 0.131. The van der Waals surface area contributed by atoms with Crippen molar-refractivity contribution < 1.29 is 4.92 Å². The molecule has 0 aliphatic rings. The number of nitrogens with one attached hydrogen (secondary N) is 1. The number of benzene rings is 1. The van der Waals surface area contributed by atoms with E-state index in [9.17, 15) is 10.1 Å². The Hall–Kier alpha value is -1.91. The Morgan fingerprint density at radius 3 is 2.79 bits per heavy atom. The first kappa shape index (κ1) is 10.2. The number of aryl methyl sites for hydroxylation is 1. The average molecular weight is 193 g/mol. The van der Waals surface area contributed by atoms with Crippen LogP contribution >= 0.6 is 0 Å². The lowest BCUT2D eigenvalue weighted by molar-refractivity contribution is -0.385. The summed E-state index contributed by atoms with van der Waals surface area (Å²) < 4.78 is 0. The third-order valence-electron chi connectivity index (χ3n) is 1.76. The fourth-order valence-corrected chi connectivity index (χ4v) is 1.10. The Kier molecular flexibility index (Phi) is 3.17. The zero-order valence-corrected chi connectivity index (χ0v) is 8.02. The van der Waals surface area contributed by atoms with E-state index in [1.165, 1.54) is 6.07 Å². The van der Waals surface area contributed by atoms with Crippen LogP contribution in [0.2, 0.25) is 0 Å². The first-order chi connectivity index (χ1) is 6.65. The predicted molar refractivity (Wildman–Crippen MR) is 54.5 cm³/mol. The quantitative estimate of drug-likeness (QED) is 0.449. The molecule has 1 aromatic carbocycles. The molecule has 0 radical (unpaired) electrons. The van der Waals surface area contributed by atoms with E-state index >= 15 is 0 Å². The summed E-state index contributed by atoms with van der Waals surface area (Å²) in [7, 11) is 1.69. The maximum absolute atomic E-state index is 10.5. The van der Waals surface area contributed by atoms with Crippen LogP contribution < -0.4 is 5.43 Å². The summed E-state index contributed by atoms with van der Waals surface area (Å²) in [4.78, 5) is 10.1. The highest BCUT2D eigenvalue weighted by atomic mass is 16.6. The molecule has 0 unspecified atom stereocenters. The van der Waals surface area contributed by atoms with Crippen LogP contribution in [0.3, 0.4) is 0 Å².